The average molecular weight is 174 g/mol. The van der Waals surface area contributed by atoms with Gasteiger partial charge in [0, 0.05) is 0 Å². The molecule has 1 aromatic carbocycles. The number of rotatable bonds is 0. The third-order valence-electron chi connectivity index (χ3n) is 2.97. The molecule has 13 heavy (non-hydrogen) atoms. The zero-order chi connectivity index (χ0) is 8.89. The van der Waals surface area contributed by atoms with Gasteiger partial charge in [-0.25, -0.2) is 0 Å². The molecule has 0 saturated heterocycles. The SMILES string of the molecule is O=C1c2ccccc2OCC12CC2. The van der Waals surface area contributed by atoms with Crippen LogP contribution in [0.4, 0.5) is 0 Å². The summed E-state index contributed by atoms with van der Waals surface area (Å²) in [6, 6.07) is 7.51. The zero-order valence-corrected chi connectivity index (χ0v) is 7.25. The van der Waals surface area contributed by atoms with E-state index in [1.807, 2.05) is 24.3 Å². The van der Waals surface area contributed by atoms with Gasteiger partial charge in [0.2, 0.25) is 0 Å². The van der Waals surface area contributed by atoms with E-state index in [0.717, 1.165) is 24.2 Å². The van der Waals surface area contributed by atoms with E-state index >= 15 is 0 Å². The number of carbonyl (C=O) groups excluding carboxylic acids is 1. The minimum absolute atomic E-state index is 0.131. The van der Waals surface area contributed by atoms with Crippen LogP contribution in [0.5, 0.6) is 5.75 Å². The number of fused-ring (bicyclic) bond motifs is 1. The third-order valence-corrected chi connectivity index (χ3v) is 2.97. The Kier molecular flexibility index (Phi) is 1.17. The van der Waals surface area contributed by atoms with Crippen LogP contribution < -0.4 is 4.74 Å². The molecular weight excluding hydrogens is 164 g/mol. The summed E-state index contributed by atoms with van der Waals surface area (Å²) < 4.78 is 5.55. The molecule has 1 aliphatic carbocycles. The number of hydrogen-bond acceptors (Lipinski definition) is 2. The second kappa shape index (κ2) is 2.13. The highest BCUT2D eigenvalue weighted by Gasteiger charge is 2.53. The smallest absolute Gasteiger partial charge is 0.176 e. The van der Waals surface area contributed by atoms with Crippen molar-refractivity contribution in [3.8, 4) is 5.75 Å². The Labute approximate surface area is 76.5 Å². The summed E-state index contributed by atoms with van der Waals surface area (Å²) in [5.41, 5.74) is 0.639. The maximum Gasteiger partial charge on any atom is 0.176 e. The molecule has 3 rings (SSSR count). The molecule has 1 heterocycles. The number of benzene rings is 1. The molecule has 2 heteroatoms. The van der Waals surface area contributed by atoms with Crippen LogP contribution in [0.1, 0.15) is 23.2 Å². The van der Waals surface area contributed by atoms with E-state index in [1.54, 1.807) is 0 Å². The molecule has 0 bridgehead atoms. The minimum Gasteiger partial charge on any atom is -0.492 e. The van der Waals surface area contributed by atoms with Crippen molar-refractivity contribution in [2.75, 3.05) is 6.61 Å². The zero-order valence-electron chi connectivity index (χ0n) is 7.25. The highest BCUT2D eigenvalue weighted by molar-refractivity contribution is 6.05. The Morgan fingerprint density at radius 1 is 1.23 bits per heavy atom. The second-order valence-electron chi connectivity index (χ2n) is 3.89. The van der Waals surface area contributed by atoms with Crippen molar-refractivity contribution in [3.05, 3.63) is 29.8 Å². The van der Waals surface area contributed by atoms with Gasteiger partial charge < -0.3 is 4.74 Å². The molecule has 2 nitrogen and oxygen atoms in total. The van der Waals surface area contributed by atoms with E-state index in [-0.39, 0.29) is 11.2 Å². The molecule has 0 unspecified atom stereocenters. The van der Waals surface area contributed by atoms with Gasteiger partial charge in [0.05, 0.1) is 11.0 Å². The normalized spacial score (nSPS) is 22.3. The lowest BCUT2D eigenvalue weighted by Gasteiger charge is -2.23. The number of ether oxygens (including phenoxy) is 1. The second-order valence-corrected chi connectivity index (χ2v) is 3.89. The molecule has 1 spiro atoms. The molecule has 1 aromatic rings. The third kappa shape index (κ3) is 0.857. The van der Waals surface area contributed by atoms with Crippen LogP contribution in [0.15, 0.2) is 24.3 Å². The molecule has 0 atom stereocenters. The van der Waals surface area contributed by atoms with Crippen LogP contribution in [0.2, 0.25) is 0 Å². The highest BCUT2D eigenvalue weighted by Crippen LogP contribution is 2.51. The maximum absolute atomic E-state index is 11.9. The van der Waals surface area contributed by atoms with Gasteiger partial charge in [0.25, 0.3) is 0 Å². The van der Waals surface area contributed by atoms with Gasteiger partial charge in [-0.1, -0.05) is 12.1 Å². The van der Waals surface area contributed by atoms with E-state index in [2.05, 4.69) is 0 Å². The van der Waals surface area contributed by atoms with E-state index in [0.29, 0.717) is 6.61 Å². The topological polar surface area (TPSA) is 26.3 Å². The number of carbonyl (C=O) groups is 1. The Hall–Kier alpha value is -1.31. The Bertz CT molecular complexity index is 377. The van der Waals surface area contributed by atoms with Gasteiger partial charge in [-0.05, 0) is 25.0 Å². The standard InChI is InChI=1S/C11H10O2/c12-10-8-3-1-2-4-9(8)13-7-11(10)5-6-11/h1-4H,5-7H2. The van der Waals surface area contributed by atoms with Crippen LogP contribution in [0.25, 0.3) is 0 Å². The van der Waals surface area contributed by atoms with E-state index in [1.165, 1.54) is 0 Å². The molecule has 0 amide bonds. The largest absolute Gasteiger partial charge is 0.492 e. The molecule has 66 valence electrons. The number of hydrogen-bond donors (Lipinski definition) is 0. The number of Topliss-reactive ketones (excluding diaryl/α,β-unsaturated/α-hetero) is 1. The van der Waals surface area contributed by atoms with Gasteiger partial charge in [0.1, 0.15) is 12.4 Å². The van der Waals surface area contributed by atoms with Gasteiger partial charge >= 0.3 is 0 Å². The first-order valence-corrected chi connectivity index (χ1v) is 4.58. The van der Waals surface area contributed by atoms with Crippen LogP contribution in [0, 0.1) is 5.41 Å². The Balaban J connectivity index is 2.13. The molecule has 1 saturated carbocycles. The van der Waals surface area contributed by atoms with Gasteiger partial charge in [-0.2, -0.15) is 0 Å². The number of para-hydroxylation sites is 1. The first kappa shape index (κ1) is 7.13. The lowest BCUT2D eigenvalue weighted by molar-refractivity contribution is 0.0798. The molecule has 2 aliphatic rings. The summed E-state index contributed by atoms with van der Waals surface area (Å²) in [4.78, 5) is 11.9. The van der Waals surface area contributed by atoms with E-state index < -0.39 is 0 Å². The first-order valence-electron chi connectivity index (χ1n) is 4.58. The van der Waals surface area contributed by atoms with Gasteiger partial charge in [-0.3, -0.25) is 4.79 Å². The van der Waals surface area contributed by atoms with Crippen molar-refractivity contribution in [2.24, 2.45) is 5.41 Å². The highest BCUT2D eigenvalue weighted by atomic mass is 16.5. The van der Waals surface area contributed by atoms with Crippen LogP contribution in [0.3, 0.4) is 0 Å². The van der Waals surface area contributed by atoms with Crippen molar-refractivity contribution < 1.29 is 9.53 Å². The summed E-state index contributed by atoms with van der Waals surface area (Å²) >= 11 is 0. The van der Waals surface area contributed by atoms with Crippen molar-refractivity contribution in [3.63, 3.8) is 0 Å². The van der Waals surface area contributed by atoms with Crippen molar-refractivity contribution in [1.82, 2.24) is 0 Å². The molecule has 1 aliphatic heterocycles. The van der Waals surface area contributed by atoms with Gasteiger partial charge in [0.15, 0.2) is 5.78 Å². The summed E-state index contributed by atoms with van der Waals surface area (Å²) in [5, 5.41) is 0. The predicted octanol–water partition coefficient (Wildman–Crippen LogP) is 2.04. The van der Waals surface area contributed by atoms with Crippen molar-refractivity contribution >= 4 is 5.78 Å². The molecule has 0 N–H and O–H groups in total. The fourth-order valence-electron chi connectivity index (χ4n) is 1.87. The van der Waals surface area contributed by atoms with Crippen LogP contribution in [-0.2, 0) is 0 Å². The fourth-order valence-corrected chi connectivity index (χ4v) is 1.87. The fraction of sp³-hybridized carbons (Fsp3) is 0.364. The summed E-state index contributed by atoms with van der Waals surface area (Å²) in [6.45, 7) is 0.586. The Morgan fingerprint density at radius 3 is 2.77 bits per heavy atom. The summed E-state index contributed by atoms with van der Waals surface area (Å²) in [7, 11) is 0. The summed E-state index contributed by atoms with van der Waals surface area (Å²) in [6.07, 6.45) is 2.00. The van der Waals surface area contributed by atoms with Crippen LogP contribution >= 0.6 is 0 Å². The van der Waals surface area contributed by atoms with E-state index in [9.17, 15) is 4.79 Å². The van der Waals surface area contributed by atoms with E-state index in [4.69, 9.17) is 4.74 Å². The monoisotopic (exact) mass is 174 g/mol. The van der Waals surface area contributed by atoms with Gasteiger partial charge in [-0.15, -0.1) is 0 Å². The molecule has 1 fully saturated rings. The minimum atomic E-state index is -0.131. The molecule has 0 aromatic heterocycles. The lowest BCUT2D eigenvalue weighted by atomic mass is 9.93. The Morgan fingerprint density at radius 2 is 2.00 bits per heavy atom. The van der Waals surface area contributed by atoms with Crippen molar-refractivity contribution in [2.45, 2.75) is 12.8 Å². The quantitative estimate of drug-likeness (QED) is 0.601. The lowest BCUT2D eigenvalue weighted by Crippen LogP contribution is -2.29. The van der Waals surface area contributed by atoms with Crippen molar-refractivity contribution in [1.29, 1.82) is 0 Å². The summed E-state index contributed by atoms with van der Waals surface area (Å²) in [5.74, 6) is 1.04. The predicted molar refractivity (Wildman–Crippen MR) is 47.9 cm³/mol. The maximum atomic E-state index is 11.9. The molecule has 0 radical (unpaired) electrons. The average Bonchev–Trinajstić information content (AvgIpc) is 2.94. The first-order chi connectivity index (χ1) is 6.32. The number of ketones is 1. The molecular formula is C11H10O2. The van der Waals surface area contributed by atoms with Crippen LogP contribution in [-0.4, -0.2) is 12.4 Å².